The lowest BCUT2D eigenvalue weighted by Crippen LogP contribution is -2.04. The molecule has 0 saturated carbocycles. The molecule has 0 atom stereocenters. The monoisotopic (exact) mass is 275 g/mol. The summed E-state index contributed by atoms with van der Waals surface area (Å²) in [5.41, 5.74) is 7.33. The summed E-state index contributed by atoms with van der Waals surface area (Å²) in [7, 11) is 1.30. The van der Waals surface area contributed by atoms with Gasteiger partial charge >= 0.3 is 5.97 Å². The first-order valence-corrected chi connectivity index (χ1v) is 5.95. The molecule has 0 radical (unpaired) electrons. The van der Waals surface area contributed by atoms with E-state index in [0.29, 0.717) is 17.0 Å². The van der Waals surface area contributed by atoms with E-state index >= 15 is 0 Å². The predicted molar refractivity (Wildman–Crippen MR) is 72.9 cm³/mol. The van der Waals surface area contributed by atoms with E-state index in [0.717, 1.165) is 5.56 Å². The highest BCUT2D eigenvalue weighted by molar-refractivity contribution is 5.90. The number of rotatable bonds is 4. The molecule has 2 aromatic carbocycles. The average molecular weight is 275 g/mol. The molecule has 0 amide bonds. The molecule has 0 aromatic heterocycles. The van der Waals surface area contributed by atoms with Crippen LogP contribution in [0.25, 0.3) is 0 Å². The van der Waals surface area contributed by atoms with Gasteiger partial charge in [0.25, 0.3) is 0 Å². The lowest BCUT2D eigenvalue weighted by Gasteiger charge is -2.10. The highest BCUT2D eigenvalue weighted by Crippen LogP contribution is 2.24. The number of hydrogen-bond donors (Lipinski definition) is 1. The average Bonchev–Trinajstić information content (AvgIpc) is 2.46. The second-order valence-corrected chi connectivity index (χ2v) is 4.16. The maximum atomic E-state index is 12.8. The molecule has 2 N–H and O–H groups in total. The third kappa shape index (κ3) is 3.26. The molecule has 0 aliphatic carbocycles. The van der Waals surface area contributed by atoms with E-state index in [2.05, 4.69) is 4.74 Å². The molecule has 0 heterocycles. The molecular formula is C15H14FNO3. The fourth-order valence-electron chi connectivity index (χ4n) is 1.67. The van der Waals surface area contributed by atoms with Crippen molar-refractivity contribution in [1.29, 1.82) is 0 Å². The molecule has 20 heavy (non-hydrogen) atoms. The van der Waals surface area contributed by atoms with Gasteiger partial charge in [0.05, 0.1) is 18.4 Å². The maximum absolute atomic E-state index is 12.8. The van der Waals surface area contributed by atoms with Crippen molar-refractivity contribution in [3.8, 4) is 5.75 Å². The summed E-state index contributed by atoms with van der Waals surface area (Å²) in [4.78, 5) is 11.3. The predicted octanol–water partition coefficient (Wildman–Crippen LogP) is 2.77. The van der Waals surface area contributed by atoms with Crippen LogP contribution in [0, 0.1) is 5.82 Å². The van der Waals surface area contributed by atoms with Crippen molar-refractivity contribution in [2.75, 3.05) is 12.8 Å². The van der Waals surface area contributed by atoms with Gasteiger partial charge in [0.2, 0.25) is 0 Å². The standard InChI is InChI=1S/C15H14FNO3/c1-19-15(18)11-4-7-14(13(17)8-11)20-9-10-2-5-12(16)6-3-10/h2-8H,9,17H2,1H3. The number of nitrogens with two attached hydrogens (primary N) is 1. The van der Waals surface area contributed by atoms with E-state index in [1.165, 1.54) is 25.3 Å². The van der Waals surface area contributed by atoms with Crippen LogP contribution < -0.4 is 10.5 Å². The molecule has 0 bridgehead atoms. The summed E-state index contributed by atoms with van der Waals surface area (Å²) >= 11 is 0. The summed E-state index contributed by atoms with van der Waals surface area (Å²) in [6.07, 6.45) is 0. The highest BCUT2D eigenvalue weighted by atomic mass is 19.1. The molecule has 0 unspecified atom stereocenters. The number of anilines is 1. The van der Waals surface area contributed by atoms with Gasteiger partial charge in [0.1, 0.15) is 18.2 Å². The van der Waals surface area contributed by atoms with Crippen LogP contribution in [0.15, 0.2) is 42.5 Å². The van der Waals surface area contributed by atoms with E-state index in [-0.39, 0.29) is 12.4 Å². The first-order valence-electron chi connectivity index (χ1n) is 5.95. The van der Waals surface area contributed by atoms with Gasteiger partial charge in [-0.1, -0.05) is 12.1 Å². The zero-order valence-corrected chi connectivity index (χ0v) is 10.9. The van der Waals surface area contributed by atoms with Gasteiger partial charge in [0.15, 0.2) is 0 Å². The number of methoxy groups -OCH3 is 1. The van der Waals surface area contributed by atoms with Crippen molar-refractivity contribution in [2.45, 2.75) is 6.61 Å². The lowest BCUT2D eigenvalue weighted by atomic mass is 10.2. The number of ether oxygens (including phenoxy) is 2. The normalized spacial score (nSPS) is 10.1. The van der Waals surface area contributed by atoms with Gasteiger partial charge in [-0.15, -0.1) is 0 Å². The number of halogens is 1. The van der Waals surface area contributed by atoms with Gasteiger partial charge in [-0.05, 0) is 35.9 Å². The third-order valence-corrected chi connectivity index (χ3v) is 2.74. The van der Waals surface area contributed by atoms with Crippen molar-refractivity contribution < 1.29 is 18.7 Å². The molecule has 0 fully saturated rings. The Bertz CT molecular complexity index is 611. The topological polar surface area (TPSA) is 61.5 Å². The van der Waals surface area contributed by atoms with Crippen LogP contribution in [0.2, 0.25) is 0 Å². The summed E-state index contributed by atoms with van der Waals surface area (Å²) in [5, 5.41) is 0. The minimum atomic E-state index is -0.457. The van der Waals surface area contributed by atoms with Crippen LogP contribution in [-0.2, 0) is 11.3 Å². The molecule has 4 nitrogen and oxygen atoms in total. The minimum Gasteiger partial charge on any atom is -0.487 e. The molecular weight excluding hydrogens is 261 g/mol. The molecule has 2 aromatic rings. The first kappa shape index (κ1) is 13.9. The maximum Gasteiger partial charge on any atom is 0.337 e. The van der Waals surface area contributed by atoms with Crippen LogP contribution >= 0.6 is 0 Å². The van der Waals surface area contributed by atoms with Gasteiger partial charge in [-0.25, -0.2) is 9.18 Å². The number of esters is 1. The highest BCUT2D eigenvalue weighted by Gasteiger charge is 2.08. The summed E-state index contributed by atoms with van der Waals surface area (Å²) in [6, 6.07) is 10.7. The second kappa shape index (κ2) is 6.06. The molecule has 104 valence electrons. The van der Waals surface area contributed by atoms with Crippen LogP contribution in [0.3, 0.4) is 0 Å². The quantitative estimate of drug-likeness (QED) is 0.688. The van der Waals surface area contributed by atoms with Crippen molar-refractivity contribution in [3.63, 3.8) is 0 Å². The Morgan fingerprint density at radius 3 is 2.50 bits per heavy atom. The van der Waals surface area contributed by atoms with Crippen molar-refractivity contribution >= 4 is 11.7 Å². The first-order chi connectivity index (χ1) is 9.60. The summed E-state index contributed by atoms with van der Waals surface area (Å²) < 4.78 is 22.9. The largest absolute Gasteiger partial charge is 0.487 e. The molecule has 5 heteroatoms. The van der Waals surface area contributed by atoms with Gasteiger partial charge in [-0.3, -0.25) is 0 Å². The van der Waals surface area contributed by atoms with Crippen LogP contribution in [0.5, 0.6) is 5.75 Å². The second-order valence-electron chi connectivity index (χ2n) is 4.16. The van der Waals surface area contributed by atoms with Crippen molar-refractivity contribution in [3.05, 3.63) is 59.4 Å². The molecule has 2 rings (SSSR count). The van der Waals surface area contributed by atoms with Crippen molar-refractivity contribution in [2.24, 2.45) is 0 Å². The zero-order chi connectivity index (χ0) is 14.5. The number of nitrogen functional groups attached to an aromatic ring is 1. The fourth-order valence-corrected chi connectivity index (χ4v) is 1.67. The molecule has 0 aliphatic heterocycles. The molecule has 0 aliphatic rings. The van der Waals surface area contributed by atoms with Crippen LogP contribution in [-0.4, -0.2) is 13.1 Å². The smallest absolute Gasteiger partial charge is 0.337 e. The Balaban J connectivity index is 2.06. The third-order valence-electron chi connectivity index (χ3n) is 2.74. The minimum absolute atomic E-state index is 0.266. The number of hydrogen-bond acceptors (Lipinski definition) is 4. The van der Waals surface area contributed by atoms with E-state index in [4.69, 9.17) is 10.5 Å². The van der Waals surface area contributed by atoms with E-state index in [1.54, 1.807) is 24.3 Å². The van der Waals surface area contributed by atoms with Gasteiger partial charge in [0, 0.05) is 0 Å². The Kier molecular flexibility index (Phi) is 4.20. The number of carbonyl (C=O) groups is 1. The molecule has 0 saturated heterocycles. The number of carbonyl (C=O) groups excluding carboxylic acids is 1. The zero-order valence-electron chi connectivity index (χ0n) is 10.9. The SMILES string of the molecule is COC(=O)c1ccc(OCc2ccc(F)cc2)c(N)c1. The number of benzene rings is 2. The Labute approximate surface area is 115 Å². The lowest BCUT2D eigenvalue weighted by molar-refractivity contribution is 0.0600. The van der Waals surface area contributed by atoms with E-state index in [1.807, 2.05) is 0 Å². The van der Waals surface area contributed by atoms with Crippen LogP contribution in [0.1, 0.15) is 15.9 Å². The van der Waals surface area contributed by atoms with Crippen LogP contribution in [0.4, 0.5) is 10.1 Å². The van der Waals surface area contributed by atoms with Gasteiger partial charge in [-0.2, -0.15) is 0 Å². The van der Waals surface area contributed by atoms with Gasteiger partial charge < -0.3 is 15.2 Å². The van der Waals surface area contributed by atoms with Crippen molar-refractivity contribution in [1.82, 2.24) is 0 Å². The van der Waals surface area contributed by atoms with E-state index < -0.39 is 5.97 Å². The van der Waals surface area contributed by atoms with E-state index in [9.17, 15) is 9.18 Å². The fraction of sp³-hybridized carbons (Fsp3) is 0.133. The summed E-state index contributed by atoms with van der Waals surface area (Å²) in [5.74, 6) is -0.292. The molecule has 0 spiro atoms. The Morgan fingerprint density at radius 2 is 1.90 bits per heavy atom. The Hall–Kier alpha value is -2.56. The summed E-state index contributed by atoms with van der Waals surface area (Å²) in [6.45, 7) is 0.266. The Morgan fingerprint density at radius 1 is 1.20 bits per heavy atom.